The van der Waals surface area contributed by atoms with Gasteiger partial charge in [0, 0.05) is 11.6 Å². The molecule has 2 rings (SSSR count). The van der Waals surface area contributed by atoms with E-state index in [4.69, 9.17) is 5.02 Å². The van der Waals surface area contributed by atoms with Crippen LogP contribution in [-0.2, 0) is 0 Å². The van der Waals surface area contributed by atoms with Crippen LogP contribution >= 0.6 is 0 Å². The number of pyridine rings is 1. The third kappa shape index (κ3) is 1.97. The number of aromatic nitrogens is 1. The molecule has 2 N–H and O–H groups in total. The van der Waals surface area contributed by atoms with Gasteiger partial charge in [-0.2, -0.15) is 0 Å². The molecule has 4 heteroatoms. The Morgan fingerprint density at radius 3 is 2.46 bits per heavy atom. The second-order valence-corrected chi connectivity index (χ2v) is 2.35. The molecule has 0 saturated heterocycles. The van der Waals surface area contributed by atoms with Crippen molar-refractivity contribution in [1.82, 2.24) is 4.98 Å². The highest BCUT2D eigenvalue weighted by Crippen LogP contribution is 2.20. The van der Waals surface area contributed by atoms with Gasteiger partial charge in [-0.1, -0.05) is 18.2 Å². The Morgan fingerprint density at radius 1 is 1.08 bits per heavy atom. The Labute approximate surface area is 77.1 Å². The van der Waals surface area contributed by atoms with Gasteiger partial charge in [0.05, 0.1) is 0 Å². The van der Waals surface area contributed by atoms with E-state index in [1.807, 2.05) is 18.2 Å². The van der Waals surface area contributed by atoms with Crippen molar-refractivity contribution in [2.24, 2.45) is 0 Å². The van der Waals surface area contributed by atoms with Gasteiger partial charge in [0.15, 0.2) is 0 Å². The van der Waals surface area contributed by atoms with Crippen LogP contribution in [0.4, 0.5) is 0 Å². The van der Waals surface area contributed by atoms with Gasteiger partial charge in [0.1, 0.15) is 11.3 Å². The maximum atomic E-state index is 9.31. The number of para-hydroxylation sites is 1. The number of aromatic hydroxyl groups is 1. The Hall–Kier alpha value is -1.55. The number of phenols is 1. The number of nitrogens with zero attached hydrogens (tertiary/aromatic N) is 1. The molecule has 1 aromatic carbocycles. The maximum absolute atomic E-state index is 9.31. The molecule has 0 bridgehead atoms. The van der Waals surface area contributed by atoms with Gasteiger partial charge in [-0.15, -0.1) is 0 Å². The summed E-state index contributed by atoms with van der Waals surface area (Å²) >= 11 is 0. The molecule has 0 fully saturated rings. The molecule has 3 nitrogen and oxygen atoms in total. The molecule has 13 heavy (non-hydrogen) atoms. The van der Waals surface area contributed by atoms with Crippen LogP contribution in [0.3, 0.4) is 0 Å². The highest BCUT2D eigenvalue weighted by molar-refractivity contribution is 5.95. The van der Waals surface area contributed by atoms with Gasteiger partial charge in [0.25, 0.3) is 8.05 Å². The molecule has 0 aliphatic heterocycles. The van der Waals surface area contributed by atoms with E-state index in [1.54, 1.807) is 18.3 Å². The van der Waals surface area contributed by atoms with Crippen molar-refractivity contribution in [2.75, 3.05) is 0 Å². The predicted octanol–water partition coefficient (Wildman–Crippen LogP) is 1.00. The normalized spacial score (nSPS) is 9.00. The van der Waals surface area contributed by atoms with Crippen molar-refractivity contribution in [1.29, 1.82) is 0 Å². The Kier molecular flexibility index (Phi) is 3.28. The predicted molar refractivity (Wildman–Crippen MR) is 51.4 cm³/mol. The molecule has 0 amide bonds. The van der Waals surface area contributed by atoms with E-state index in [-0.39, 0.29) is 5.75 Å². The molecule has 0 saturated carbocycles. The molecule has 0 spiro atoms. The van der Waals surface area contributed by atoms with Crippen LogP contribution in [0, 0.1) is 0 Å². The number of fused-ring (bicyclic) bond motifs is 1. The first-order valence-electron chi connectivity index (χ1n) is 3.66. The van der Waals surface area contributed by atoms with Gasteiger partial charge in [-0.25, -0.2) is 0 Å². The smallest absolute Gasteiger partial charge is 0.277 e. The fourth-order valence-corrected chi connectivity index (χ4v) is 1.09. The molecule has 0 aliphatic carbocycles. The summed E-state index contributed by atoms with van der Waals surface area (Å²) in [6.45, 7) is 0. The molecule has 1 aromatic heterocycles. The minimum Gasteiger partial charge on any atom is -0.506 e. The summed E-state index contributed by atoms with van der Waals surface area (Å²) in [6, 6.07) is 9.13. The SMILES string of the molecule is Oc1cccc2cccnc12.[B]O. The zero-order valence-electron chi connectivity index (χ0n) is 6.88. The number of hydrogen-bond acceptors (Lipinski definition) is 3. The highest BCUT2D eigenvalue weighted by atomic mass is 16.3. The molecular formula is C9H8BNO2. The highest BCUT2D eigenvalue weighted by Gasteiger charge is 1.96. The van der Waals surface area contributed by atoms with E-state index in [9.17, 15) is 5.11 Å². The largest absolute Gasteiger partial charge is 0.506 e. The van der Waals surface area contributed by atoms with Crippen LogP contribution in [0.25, 0.3) is 10.9 Å². The minimum absolute atomic E-state index is 0.239. The topological polar surface area (TPSA) is 53.4 Å². The summed E-state index contributed by atoms with van der Waals surface area (Å²) in [5.74, 6) is 0.239. The van der Waals surface area contributed by atoms with Crippen LogP contribution < -0.4 is 0 Å². The molecule has 0 atom stereocenters. The first-order valence-corrected chi connectivity index (χ1v) is 3.66. The van der Waals surface area contributed by atoms with Gasteiger partial charge in [-0.3, -0.25) is 4.98 Å². The summed E-state index contributed by atoms with van der Waals surface area (Å²) < 4.78 is 0. The summed E-state index contributed by atoms with van der Waals surface area (Å²) in [5, 5.41) is 16.8. The zero-order chi connectivity index (χ0) is 9.68. The molecule has 64 valence electrons. The average Bonchev–Trinajstić information content (AvgIpc) is 2.22. The third-order valence-electron chi connectivity index (χ3n) is 1.61. The third-order valence-corrected chi connectivity index (χ3v) is 1.61. The first kappa shape index (κ1) is 9.54. The summed E-state index contributed by atoms with van der Waals surface area (Å²) in [7, 11) is 3.50. The van der Waals surface area contributed by atoms with Crippen molar-refractivity contribution in [3.63, 3.8) is 0 Å². The van der Waals surface area contributed by atoms with Crippen molar-refractivity contribution >= 4 is 19.0 Å². The molecular weight excluding hydrogens is 165 g/mol. The molecule has 0 unspecified atom stereocenters. The summed E-state index contributed by atoms with van der Waals surface area (Å²) in [6.07, 6.45) is 1.67. The van der Waals surface area contributed by atoms with Crippen LogP contribution in [0.15, 0.2) is 36.5 Å². The molecule has 1 heterocycles. The monoisotopic (exact) mass is 173 g/mol. The fraction of sp³-hybridized carbons (Fsp3) is 0. The van der Waals surface area contributed by atoms with E-state index in [0.717, 1.165) is 5.39 Å². The summed E-state index contributed by atoms with van der Waals surface area (Å²) in [4.78, 5) is 4.03. The van der Waals surface area contributed by atoms with Gasteiger partial charge < -0.3 is 10.1 Å². The van der Waals surface area contributed by atoms with Crippen molar-refractivity contribution < 1.29 is 10.1 Å². The van der Waals surface area contributed by atoms with Crippen molar-refractivity contribution in [2.45, 2.75) is 0 Å². The van der Waals surface area contributed by atoms with E-state index < -0.39 is 0 Å². The summed E-state index contributed by atoms with van der Waals surface area (Å²) in [5.41, 5.74) is 0.662. The first-order chi connectivity index (χ1) is 6.38. The lowest BCUT2D eigenvalue weighted by atomic mass is 10.2. The molecule has 0 aliphatic rings. The van der Waals surface area contributed by atoms with Gasteiger partial charge in [0.2, 0.25) is 0 Å². The van der Waals surface area contributed by atoms with Gasteiger partial charge >= 0.3 is 0 Å². The standard InChI is InChI=1S/C9H7NO.BHO/c11-8-5-1-3-7-4-2-6-10-9(7)8;1-2/h1-6,11H;2H. The lowest BCUT2D eigenvalue weighted by molar-refractivity contribution is 0.480. The van der Waals surface area contributed by atoms with Crippen molar-refractivity contribution in [3.8, 4) is 5.75 Å². The van der Waals surface area contributed by atoms with Crippen molar-refractivity contribution in [3.05, 3.63) is 36.5 Å². The lowest BCUT2D eigenvalue weighted by Crippen LogP contribution is -1.76. The Balaban J connectivity index is 0.000000396. The number of benzene rings is 1. The Bertz CT molecular complexity index is 387. The van der Waals surface area contributed by atoms with Crippen LogP contribution in [0.2, 0.25) is 0 Å². The van der Waals surface area contributed by atoms with Crippen LogP contribution in [0.5, 0.6) is 5.75 Å². The fourth-order valence-electron chi connectivity index (χ4n) is 1.09. The van der Waals surface area contributed by atoms with Crippen LogP contribution in [0.1, 0.15) is 0 Å². The van der Waals surface area contributed by atoms with Gasteiger partial charge in [-0.05, 0) is 12.1 Å². The number of phenolic OH excluding ortho intramolecular Hbond substituents is 1. The van der Waals surface area contributed by atoms with E-state index in [2.05, 4.69) is 13.0 Å². The second kappa shape index (κ2) is 4.47. The minimum atomic E-state index is 0.239. The number of rotatable bonds is 0. The molecule has 2 aromatic rings. The van der Waals surface area contributed by atoms with Crippen LogP contribution in [-0.4, -0.2) is 23.2 Å². The second-order valence-electron chi connectivity index (χ2n) is 2.35. The van der Waals surface area contributed by atoms with E-state index in [1.165, 1.54) is 0 Å². The van der Waals surface area contributed by atoms with E-state index in [0.29, 0.717) is 5.52 Å². The number of hydrogen-bond donors (Lipinski definition) is 2. The molecule has 2 radical (unpaired) electrons. The maximum Gasteiger partial charge on any atom is 0.277 e. The Morgan fingerprint density at radius 2 is 1.77 bits per heavy atom. The average molecular weight is 173 g/mol. The zero-order valence-corrected chi connectivity index (χ0v) is 6.88. The quantitative estimate of drug-likeness (QED) is 0.584. The van der Waals surface area contributed by atoms with E-state index >= 15 is 0 Å². The lowest BCUT2D eigenvalue weighted by Gasteiger charge is -1.96.